The molecule has 0 aromatic heterocycles. The van der Waals surface area contributed by atoms with Gasteiger partial charge in [-0.2, -0.15) is 0 Å². The van der Waals surface area contributed by atoms with E-state index in [1.807, 2.05) is 20.8 Å². The topological polar surface area (TPSA) is 70.2 Å². The Morgan fingerprint density at radius 1 is 1.28 bits per heavy atom. The van der Waals surface area contributed by atoms with E-state index in [-0.39, 0.29) is 35.7 Å². The van der Waals surface area contributed by atoms with Crippen LogP contribution in [0, 0.1) is 5.41 Å². The van der Waals surface area contributed by atoms with Crippen LogP contribution in [0.4, 0.5) is 0 Å². The maximum atomic E-state index is 11.6. The SMILES string of the molecule is CC(C)(C)C(=O)NCCNC(=O)C1CSCN1.Cl. The highest BCUT2D eigenvalue weighted by molar-refractivity contribution is 7.99. The van der Waals surface area contributed by atoms with Crippen LogP contribution >= 0.6 is 24.2 Å². The predicted octanol–water partition coefficient (Wildman–Crippen LogP) is 0.349. The Bertz CT molecular complexity index is 289. The molecule has 0 aliphatic carbocycles. The van der Waals surface area contributed by atoms with E-state index in [0.717, 1.165) is 11.6 Å². The van der Waals surface area contributed by atoms with E-state index in [2.05, 4.69) is 16.0 Å². The molecule has 0 aromatic carbocycles. The van der Waals surface area contributed by atoms with Gasteiger partial charge in [-0.05, 0) is 0 Å². The molecule has 1 saturated heterocycles. The van der Waals surface area contributed by atoms with Gasteiger partial charge in [-0.15, -0.1) is 24.2 Å². The van der Waals surface area contributed by atoms with E-state index in [1.54, 1.807) is 11.8 Å². The van der Waals surface area contributed by atoms with Crippen LogP contribution in [0.1, 0.15) is 20.8 Å². The zero-order chi connectivity index (χ0) is 12.9. The summed E-state index contributed by atoms with van der Waals surface area (Å²) in [6.07, 6.45) is 0. The van der Waals surface area contributed by atoms with E-state index < -0.39 is 0 Å². The molecule has 1 heterocycles. The van der Waals surface area contributed by atoms with E-state index in [4.69, 9.17) is 0 Å². The third-order valence-electron chi connectivity index (χ3n) is 2.42. The number of carbonyl (C=O) groups is 2. The van der Waals surface area contributed by atoms with Gasteiger partial charge in [0, 0.05) is 30.1 Å². The molecule has 0 spiro atoms. The minimum atomic E-state index is -0.381. The summed E-state index contributed by atoms with van der Waals surface area (Å²) in [5, 5.41) is 8.69. The van der Waals surface area contributed by atoms with Gasteiger partial charge in [0.1, 0.15) is 0 Å². The lowest BCUT2D eigenvalue weighted by Gasteiger charge is -2.18. The molecule has 7 heteroatoms. The second-order valence-corrected chi connectivity index (χ2v) is 6.10. The quantitative estimate of drug-likeness (QED) is 0.655. The Hall–Kier alpha value is -0.460. The molecular weight excluding hydrogens is 274 g/mol. The number of nitrogens with one attached hydrogen (secondary N) is 3. The van der Waals surface area contributed by atoms with Gasteiger partial charge in [0.05, 0.1) is 6.04 Å². The van der Waals surface area contributed by atoms with Crippen molar-refractivity contribution in [1.29, 1.82) is 0 Å². The van der Waals surface area contributed by atoms with Crippen LogP contribution in [0.15, 0.2) is 0 Å². The lowest BCUT2D eigenvalue weighted by atomic mass is 9.96. The van der Waals surface area contributed by atoms with Gasteiger partial charge in [-0.1, -0.05) is 20.8 Å². The predicted molar refractivity (Wildman–Crippen MR) is 77.0 cm³/mol. The maximum Gasteiger partial charge on any atom is 0.238 e. The van der Waals surface area contributed by atoms with Crippen molar-refractivity contribution in [1.82, 2.24) is 16.0 Å². The number of hydrogen-bond acceptors (Lipinski definition) is 4. The van der Waals surface area contributed by atoms with Crippen molar-refractivity contribution in [2.24, 2.45) is 5.41 Å². The summed E-state index contributed by atoms with van der Waals surface area (Å²) in [5.41, 5.74) is -0.381. The second kappa shape index (κ2) is 7.86. The Morgan fingerprint density at radius 3 is 2.39 bits per heavy atom. The van der Waals surface area contributed by atoms with Crippen molar-refractivity contribution in [2.45, 2.75) is 26.8 Å². The van der Waals surface area contributed by atoms with Crippen molar-refractivity contribution in [3.05, 3.63) is 0 Å². The van der Waals surface area contributed by atoms with Crippen LogP contribution in [0.25, 0.3) is 0 Å². The molecule has 1 aliphatic rings. The molecule has 0 aromatic rings. The molecule has 1 aliphatic heterocycles. The fourth-order valence-corrected chi connectivity index (χ4v) is 2.26. The smallest absolute Gasteiger partial charge is 0.238 e. The number of rotatable bonds is 4. The molecule has 1 rings (SSSR count). The number of carbonyl (C=O) groups excluding carboxylic acids is 2. The first-order valence-corrected chi connectivity index (χ1v) is 6.94. The van der Waals surface area contributed by atoms with Crippen molar-refractivity contribution in [2.75, 3.05) is 24.7 Å². The average Bonchev–Trinajstić information content (AvgIpc) is 2.75. The number of hydrogen-bond donors (Lipinski definition) is 3. The van der Waals surface area contributed by atoms with Crippen molar-refractivity contribution in [3.8, 4) is 0 Å². The molecule has 5 nitrogen and oxygen atoms in total. The first-order chi connectivity index (χ1) is 7.91. The third kappa shape index (κ3) is 5.93. The van der Waals surface area contributed by atoms with Crippen LogP contribution in [0.2, 0.25) is 0 Å². The molecule has 0 radical (unpaired) electrons. The fourth-order valence-electron chi connectivity index (χ4n) is 1.31. The van der Waals surface area contributed by atoms with E-state index in [1.165, 1.54) is 0 Å². The van der Waals surface area contributed by atoms with Gasteiger partial charge in [-0.25, -0.2) is 0 Å². The zero-order valence-electron chi connectivity index (χ0n) is 11.0. The highest BCUT2D eigenvalue weighted by Gasteiger charge is 2.22. The van der Waals surface area contributed by atoms with Gasteiger partial charge in [0.15, 0.2) is 0 Å². The Morgan fingerprint density at radius 2 is 1.89 bits per heavy atom. The summed E-state index contributed by atoms with van der Waals surface area (Å²) in [7, 11) is 0. The van der Waals surface area contributed by atoms with Crippen LogP contribution in [0.3, 0.4) is 0 Å². The monoisotopic (exact) mass is 295 g/mol. The van der Waals surface area contributed by atoms with Gasteiger partial charge in [-0.3, -0.25) is 14.9 Å². The highest BCUT2D eigenvalue weighted by atomic mass is 35.5. The zero-order valence-corrected chi connectivity index (χ0v) is 12.7. The van der Waals surface area contributed by atoms with Gasteiger partial charge in [0.2, 0.25) is 11.8 Å². The third-order valence-corrected chi connectivity index (χ3v) is 3.36. The second-order valence-electron chi connectivity index (χ2n) is 5.07. The molecule has 0 bridgehead atoms. The average molecular weight is 296 g/mol. The number of halogens is 1. The summed E-state index contributed by atoms with van der Waals surface area (Å²) in [6.45, 7) is 6.53. The van der Waals surface area contributed by atoms with Crippen molar-refractivity contribution in [3.63, 3.8) is 0 Å². The van der Waals surface area contributed by atoms with Crippen LogP contribution in [-0.2, 0) is 9.59 Å². The Balaban J connectivity index is 0.00000289. The first-order valence-electron chi connectivity index (χ1n) is 5.78. The normalized spacial score (nSPS) is 18.9. The van der Waals surface area contributed by atoms with Crippen LogP contribution < -0.4 is 16.0 Å². The van der Waals surface area contributed by atoms with E-state index in [0.29, 0.717) is 13.1 Å². The molecule has 0 saturated carbocycles. The van der Waals surface area contributed by atoms with Crippen molar-refractivity contribution >= 4 is 36.0 Å². The summed E-state index contributed by atoms with van der Waals surface area (Å²) in [6, 6.07) is -0.0849. The Labute approximate surface area is 119 Å². The molecular formula is C11H22ClN3O2S. The molecule has 1 unspecified atom stereocenters. The summed E-state index contributed by atoms with van der Waals surface area (Å²) in [4.78, 5) is 23.1. The first kappa shape index (κ1) is 17.5. The molecule has 3 N–H and O–H groups in total. The molecule has 18 heavy (non-hydrogen) atoms. The summed E-state index contributed by atoms with van der Waals surface area (Å²) in [5.74, 6) is 1.67. The van der Waals surface area contributed by atoms with Gasteiger partial charge in [0.25, 0.3) is 0 Å². The van der Waals surface area contributed by atoms with Crippen LogP contribution in [-0.4, -0.2) is 42.6 Å². The standard InChI is InChI=1S/C11H21N3O2S.ClH/c1-11(2,3)10(16)13-5-4-12-9(15)8-6-17-7-14-8;/h8,14H,4-7H2,1-3H3,(H,12,15)(H,13,16);1H. The van der Waals surface area contributed by atoms with Crippen LogP contribution in [0.5, 0.6) is 0 Å². The van der Waals surface area contributed by atoms with Gasteiger partial charge >= 0.3 is 0 Å². The summed E-state index contributed by atoms with van der Waals surface area (Å²) >= 11 is 1.72. The Kier molecular flexibility index (Phi) is 7.66. The maximum absolute atomic E-state index is 11.6. The van der Waals surface area contributed by atoms with Crippen molar-refractivity contribution < 1.29 is 9.59 Å². The molecule has 106 valence electrons. The van der Waals surface area contributed by atoms with E-state index in [9.17, 15) is 9.59 Å². The molecule has 2 amide bonds. The number of thioether (sulfide) groups is 1. The lowest BCUT2D eigenvalue weighted by Crippen LogP contribution is -2.45. The fraction of sp³-hybridized carbons (Fsp3) is 0.818. The number of amides is 2. The minimum absolute atomic E-state index is 0. The minimum Gasteiger partial charge on any atom is -0.354 e. The lowest BCUT2D eigenvalue weighted by molar-refractivity contribution is -0.128. The highest BCUT2D eigenvalue weighted by Crippen LogP contribution is 2.12. The largest absolute Gasteiger partial charge is 0.354 e. The summed E-state index contributed by atoms with van der Waals surface area (Å²) < 4.78 is 0. The van der Waals surface area contributed by atoms with Gasteiger partial charge < -0.3 is 10.6 Å². The molecule has 1 atom stereocenters. The van der Waals surface area contributed by atoms with E-state index >= 15 is 0 Å². The molecule has 1 fully saturated rings.